The molecule has 0 aliphatic carbocycles. The van der Waals surface area contributed by atoms with E-state index in [1.165, 1.54) is 12.1 Å². The fourth-order valence-corrected chi connectivity index (χ4v) is 1.29. The highest BCUT2D eigenvalue weighted by Crippen LogP contribution is 2.09. The highest BCUT2D eigenvalue weighted by atomic mass is 32.1. The average Bonchev–Trinajstić information content (AvgIpc) is 2.18. The van der Waals surface area contributed by atoms with Crippen LogP contribution in [0.2, 0.25) is 0 Å². The van der Waals surface area contributed by atoms with Crippen molar-refractivity contribution in [2.24, 2.45) is 0 Å². The van der Waals surface area contributed by atoms with E-state index in [1.807, 2.05) is 6.92 Å². The van der Waals surface area contributed by atoms with Gasteiger partial charge in [0.15, 0.2) is 5.11 Å². The van der Waals surface area contributed by atoms with Crippen molar-refractivity contribution in [2.75, 3.05) is 11.9 Å². The number of hydrogen-bond donors (Lipinski definition) is 3. The monoisotopic (exact) mass is 224 g/mol. The first-order valence-corrected chi connectivity index (χ1v) is 4.92. The van der Waals surface area contributed by atoms with Gasteiger partial charge < -0.3 is 15.7 Å². The van der Waals surface area contributed by atoms with E-state index >= 15 is 0 Å². The van der Waals surface area contributed by atoms with Crippen LogP contribution in [0.15, 0.2) is 24.3 Å². The van der Waals surface area contributed by atoms with Gasteiger partial charge in [0, 0.05) is 12.2 Å². The van der Waals surface area contributed by atoms with Crippen LogP contribution in [-0.2, 0) is 0 Å². The molecule has 0 fully saturated rings. The van der Waals surface area contributed by atoms with Gasteiger partial charge >= 0.3 is 5.97 Å². The molecule has 0 spiro atoms. The molecule has 15 heavy (non-hydrogen) atoms. The van der Waals surface area contributed by atoms with Crippen LogP contribution in [0.3, 0.4) is 0 Å². The molecule has 0 heterocycles. The number of hydrogen-bond acceptors (Lipinski definition) is 2. The first-order valence-electron chi connectivity index (χ1n) is 4.51. The van der Waals surface area contributed by atoms with E-state index in [2.05, 4.69) is 10.6 Å². The molecule has 80 valence electrons. The number of nitrogens with one attached hydrogen (secondary N) is 2. The average molecular weight is 224 g/mol. The number of aromatic carboxylic acids is 1. The Morgan fingerprint density at radius 1 is 1.40 bits per heavy atom. The first-order chi connectivity index (χ1) is 7.13. The Hall–Kier alpha value is -1.62. The topological polar surface area (TPSA) is 61.4 Å². The number of thiocarbonyl (C=S) groups is 1. The Bertz CT molecular complexity index is 362. The van der Waals surface area contributed by atoms with Gasteiger partial charge in [-0.25, -0.2) is 4.79 Å². The minimum Gasteiger partial charge on any atom is -0.478 e. The number of carboxylic acids is 1. The number of benzene rings is 1. The lowest BCUT2D eigenvalue weighted by molar-refractivity contribution is 0.0697. The van der Waals surface area contributed by atoms with Crippen molar-refractivity contribution in [1.82, 2.24) is 5.32 Å². The summed E-state index contributed by atoms with van der Waals surface area (Å²) in [5, 5.41) is 15.1. The maximum absolute atomic E-state index is 10.6. The van der Waals surface area contributed by atoms with Crippen LogP contribution in [0.25, 0.3) is 0 Å². The van der Waals surface area contributed by atoms with Crippen molar-refractivity contribution >= 4 is 29.0 Å². The van der Waals surface area contributed by atoms with Crippen molar-refractivity contribution in [2.45, 2.75) is 6.92 Å². The lowest BCUT2D eigenvalue weighted by atomic mass is 10.2. The Balaban J connectivity index is 2.64. The predicted octanol–water partition coefficient (Wildman–Crippen LogP) is 1.69. The van der Waals surface area contributed by atoms with Crippen LogP contribution in [0, 0.1) is 0 Å². The summed E-state index contributed by atoms with van der Waals surface area (Å²) < 4.78 is 0. The van der Waals surface area contributed by atoms with Gasteiger partial charge in [-0.1, -0.05) is 0 Å². The van der Waals surface area contributed by atoms with Gasteiger partial charge in [0.25, 0.3) is 0 Å². The molecule has 0 atom stereocenters. The fourth-order valence-electron chi connectivity index (χ4n) is 1.03. The van der Waals surface area contributed by atoms with Crippen LogP contribution in [0.4, 0.5) is 5.69 Å². The fraction of sp³-hybridized carbons (Fsp3) is 0.200. The zero-order chi connectivity index (χ0) is 11.3. The molecular weight excluding hydrogens is 212 g/mol. The zero-order valence-electron chi connectivity index (χ0n) is 8.28. The van der Waals surface area contributed by atoms with E-state index in [-0.39, 0.29) is 5.56 Å². The summed E-state index contributed by atoms with van der Waals surface area (Å²) in [6.45, 7) is 2.69. The van der Waals surface area contributed by atoms with Crippen LogP contribution >= 0.6 is 12.2 Å². The molecule has 0 aromatic heterocycles. The Labute approximate surface area is 93.3 Å². The normalized spacial score (nSPS) is 9.40. The lowest BCUT2D eigenvalue weighted by Crippen LogP contribution is -2.27. The number of carboxylic acid groups (broad SMARTS) is 1. The van der Waals surface area contributed by atoms with E-state index < -0.39 is 5.97 Å². The summed E-state index contributed by atoms with van der Waals surface area (Å²) in [6, 6.07) is 6.40. The standard InChI is InChI=1S/C10H12N2O2S/c1-2-11-10(15)12-8-5-3-7(4-6-8)9(13)14/h3-6H,2H2,1H3,(H,13,14)(H2,11,12,15). The van der Waals surface area contributed by atoms with Gasteiger partial charge in [0.05, 0.1) is 5.56 Å². The van der Waals surface area contributed by atoms with Crippen molar-refractivity contribution < 1.29 is 9.90 Å². The SMILES string of the molecule is CCNC(=S)Nc1ccc(C(=O)O)cc1. The van der Waals surface area contributed by atoms with Crippen molar-refractivity contribution in [3.63, 3.8) is 0 Å². The minimum absolute atomic E-state index is 0.259. The molecule has 1 aromatic carbocycles. The summed E-state index contributed by atoms with van der Waals surface area (Å²) >= 11 is 4.98. The van der Waals surface area contributed by atoms with Crippen LogP contribution in [-0.4, -0.2) is 22.7 Å². The highest BCUT2D eigenvalue weighted by Gasteiger charge is 2.01. The molecule has 0 unspecified atom stereocenters. The molecule has 5 heteroatoms. The summed E-state index contributed by atoms with van der Waals surface area (Å²) in [6.07, 6.45) is 0. The lowest BCUT2D eigenvalue weighted by Gasteiger charge is -2.08. The van der Waals surface area contributed by atoms with Gasteiger partial charge in [0.1, 0.15) is 0 Å². The zero-order valence-corrected chi connectivity index (χ0v) is 9.10. The second-order valence-electron chi connectivity index (χ2n) is 2.87. The summed E-state index contributed by atoms with van der Waals surface area (Å²) in [5.41, 5.74) is 1.03. The molecule has 0 amide bonds. The van der Waals surface area contributed by atoms with Gasteiger partial charge in [-0.05, 0) is 43.4 Å². The Morgan fingerprint density at radius 2 is 2.00 bits per heavy atom. The maximum Gasteiger partial charge on any atom is 0.335 e. The molecule has 0 saturated carbocycles. The molecule has 0 aliphatic rings. The van der Waals surface area contributed by atoms with E-state index in [1.54, 1.807) is 12.1 Å². The molecule has 3 N–H and O–H groups in total. The smallest absolute Gasteiger partial charge is 0.335 e. The Kier molecular flexibility index (Phi) is 4.05. The molecule has 0 bridgehead atoms. The van der Waals surface area contributed by atoms with Gasteiger partial charge in [-0.2, -0.15) is 0 Å². The van der Waals surface area contributed by atoms with Crippen molar-refractivity contribution in [3.05, 3.63) is 29.8 Å². The van der Waals surface area contributed by atoms with Crippen LogP contribution in [0.1, 0.15) is 17.3 Å². The van der Waals surface area contributed by atoms with E-state index in [4.69, 9.17) is 17.3 Å². The summed E-state index contributed by atoms with van der Waals surface area (Å²) in [5.74, 6) is -0.934. The van der Waals surface area contributed by atoms with Gasteiger partial charge in [0.2, 0.25) is 0 Å². The van der Waals surface area contributed by atoms with Gasteiger partial charge in [-0.15, -0.1) is 0 Å². The van der Waals surface area contributed by atoms with E-state index in [0.29, 0.717) is 5.11 Å². The molecule has 0 aliphatic heterocycles. The quantitative estimate of drug-likeness (QED) is 0.682. The number of anilines is 1. The molecule has 1 rings (SSSR count). The van der Waals surface area contributed by atoms with Gasteiger partial charge in [-0.3, -0.25) is 0 Å². The van der Waals surface area contributed by atoms with Crippen LogP contribution < -0.4 is 10.6 Å². The Morgan fingerprint density at radius 3 is 2.47 bits per heavy atom. The summed E-state index contributed by atoms with van der Waals surface area (Å²) in [4.78, 5) is 10.6. The molecule has 4 nitrogen and oxygen atoms in total. The third-order valence-corrected chi connectivity index (χ3v) is 1.97. The molecular formula is C10H12N2O2S. The van der Waals surface area contributed by atoms with E-state index in [0.717, 1.165) is 12.2 Å². The molecule has 1 aromatic rings. The highest BCUT2D eigenvalue weighted by molar-refractivity contribution is 7.80. The third-order valence-electron chi connectivity index (χ3n) is 1.73. The molecule has 0 saturated heterocycles. The second-order valence-corrected chi connectivity index (χ2v) is 3.28. The largest absolute Gasteiger partial charge is 0.478 e. The predicted molar refractivity (Wildman–Crippen MR) is 63.3 cm³/mol. The number of rotatable bonds is 3. The minimum atomic E-state index is -0.934. The van der Waals surface area contributed by atoms with Crippen LogP contribution in [0.5, 0.6) is 0 Å². The third kappa shape index (κ3) is 3.55. The van der Waals surface area contributed by atoms with Crippen molar-refractivity contribution in [3.8, 4) is 0 Å². The van der Waals surface area contributed by atoms with Crippen molar-refractivity contribution in [1.29, 1.82) is 0 Å². The molecule has 0 radical (unpaired) electrons. The maximum atomic E-state index is 10.6. The van der Waals surface area contributed by atoms with E-state index in [9.17, 15) is 4.79 Å². The first kappa shape index (κ1) is 11.5. The second kappa shape index (κ2) is 5.31. The number of carbonyl (C=O) groups is 1. The summed E-state index contributed by atoms with van der Waals surface area (Å²) in [7, 11) is 0.